The molecule has 1 N–H and O–H groups in total. The summed E-state index contributed by atoms with van der Waals surface area (Å²) in [6, 6.07) is -0.332. The maximum Gasteiger partial charge on any atom is 0.325 e. The summed E-state index contributed by atoms with van der Waals surface area (Å²) < 4.78 is 5.47. The Kier molecular flexibility index (Phi) is 8.70. The third kappa shape index (κ3) is 8.86. The first-order valence-corrected chi connectivity index (χ1v) is 12.9. The van der Waals surface area contributed by atoms with E-state index < -0.39 is 5.54 Å². The van der Waals surface area contributed by atoms with Crippen LogP contribution in [-0.2, 0) is 31.0 Å². The molecule has 1 saturated heterocycles. The average molecular weight is 520 g/mol. The highest BCUT2D eigenvalue weighted by atomic mass is 16.2. The lowest BCUT2D eigenvalue weighted by Crippen LogP contribution is -2.40. The second kappa shape index (κ2) is 11.2. The summed E-state index contributed by atoms with van der Waals surface area (Å²) in [6.45, 7) is 9.12. The zero-order valence-corrected chi connectivity index (χ0v) is 23.8. The van der Waals surface area contributed by atoms with Gasteiger partial charge in [-0.15, -0.1) is 10.2 Å². The van der Waals surface area contributed by atoms with Crippen molar-refractivity contribution in [1.82, 2.24) is 45.1 Å². The van der Waals surface area contributed by atoms with Crippen molar-refractivity contribution < 1.29 is 18.6 Å². The number of imide groups is 1. The van der Waals surface area contributed by atoms with E-state index in [1.54, 1.807) is 13.8 Å². The van der Waals surface area contributed by atoms with E-state index in [4.69, 9.17) is 0 Å². The van der Waals surface area contributed by atoms with Crippen LogP contribution in [0.2, 0.25) is 0 Å². The lowest BCUT2D eigenvalue weighted by atomic mass is 10.1. The Morgan fingerprint density at radius 1 is 0.838 bits per heavy atom. The van der Waals surface area contributed by atoms with Crippen molar-refractivity contribution in [3.8, 4) is 0 Å². The van der Waals surface area contributed by atoms with Crippen LogP contribution in [0.5, 0.6) is 0 Å². The van der Waals surface area contributed by atoms with Crippen molar-refractivity contribution in [2.45, 2.75) is 52.0 Å². The summed E-state index contributed by atoms with van der Waals surface area (Å²) >= 11 is 0. The molecule has 0 aliphatic carbocycles. The molecule has 0 aromatic carbocycles. The largest absolute Gasteiger partial charge is 0.329 e. The van der Waals surface area contributed by atoms with Gasteiger partial charge in [0.2, 0.25) is 0 Å². The van der Waals surface area contributed by atoms with Gasteiger partial charge in [-0.05, 0) is 20.3 Å². The van der Waals surface area contributed by atoms with Gasteiger partial charge in [0.1, 0.15) is 5.54 Å². The topological polar surface area (TPSA) is 114 Å². The molecule has 2 aromatic heterocycles. The third-order valence-corrected chi connectivity index (χ3v) is 6.24. The van der Waals surface area contributed by atoms with Crippen molar-refractivity contribution in [3.63, 3.8) is 0 Å². The fraction of sp³-hybridized carbons (Fsp3) is 0.750. The monoisotopic (exact) mass is 519 g/mol. The predicted octanol–water partition coefficient (Wildman–Crippen LogP) is 0.00470. The van der Waals surface area contributed by atoms with Crippen LogP contribution >= 0.6 is 0 Å². The lowest BCUT2D eigenvalue weighted by molar-refractivity contribution is -0.871. The van der Waals surface area contributed by atoms with Crippen molar-refractivity contribution in [2.24, 2.45) is 0 Å². The summed E-state index contributed by atoms with van der Waals surface area (Å²) in [5.74, 6) is -0.190. The molecule has 1 aliphatic heterocycles. The van der Waals surface area contributed by atoms with Crippen LogP contribution in [0, 0.1) is 0 Å². The van der Waals surface area contributed by atoms with Gasteiger partial charge in [-0.1, -0.05) is 10.4 Å². The van der Waals surface area contributed by atoms with Crippen LogP contribution in [0.3, 0.4) is 0 Å². The Labute approximate surface area is 220 Å². The Balaban J connectivity index is 1.64. The van der Waals surface area contributed by atoms with Gasteiger partial charge >= 0.3 is 6.03 Å². The van der Waals surface area contributed by atoms with Gasteiger partial charge in [-0.25, -0.2) is 14.2 Å². The highest BCUT2D eigenvalue weighted by molar-refractivity contribution is 6.06. The summed E-state index contributed by atoms with van der Waals surface area (Å²) in [5, 5.41) is 20.1. The van der Waals surface area contributed by atoms with E-state index in [2.05, 4.69) is 73.1 Å². The number of amides is 3. The van der Waals surface area contributed by atoms with Gasteiger partial charge in [0, 0.05) is 38.6 Å². The summed E-state index contributed by atoms with van der Waals surface area (Å²) in [7, 11) is 12.9. The molecule has 37 heavy (non-hydrogen) atoms. The molecular formula is C24H45N11O2+2. The minimum Gasteiger partial charge on any atom is -0.329 e. The minimum atomic E-state index is -0.856. The average Bonchev–Trinajstić information content (AvgIpc) is 3.45. The molecule has 1 fully saturated rings. The maximum atomic E-state index is 12.5. The van der Waals surface area contributed by atoms with E-state index >= 15 is 0 Å². The molecule has 13 heteroatoms. The number of quaternary nitrogens is 2. The number of rotatable bonds is 14. The summed E-state index contributed by atoms with van der Waals surface area (Å²) in [5.41, 5.74) is 0.885. The summed E-state index contributed by atoms with van der Waals surface area (Å²) in [6.07, 6.45) is 4.61. The smallest absolute Gasteiger partial charge is 0.325 e. The molecule has 0 radical (unpaired) electrons. The molecule has 0 atom stereocenters. The quantitative estimate of drug-likeness (QED) is 0.276. The fourth-order valence-electron chi connectivity index (χ4n) is 3.99. The lowest BCUT2D eigenvalue weighted by Gasteiger charge is -2.23. The van der Waals surface area contributed by atoms with E-state index in [9.17, 15) is 9.59 Å². The Morgan fingerprint density at radius 2 is 1.32 bits per heavy atom. The summed E-state index contributed by atoms with van der Waals surface area (Å²) in [4.78, 5) is 28.3. The Morgan fingerprint density at radius 3 is 1.73 bits per heavy atom. The predicted molar refractivity (Wildman–Crippen MR) is 139 cm³/mol. The molecule has 3 heterocycles. The van der Waals surface area contributed by atoms with Crippen LogP contribution in [0.25, 0.3) is 0 Å². The third-order valence-electron chi connectivity index (χ3n) is 6.24. The number of carbonyl (C=O) groups is 2. The maximum absolute atomic E-state index is 12.5. The van der Waals surface area contributed by atoms with Crippen LogP contribution in [0.15, 0.2) is 12.4 Å². The second-order valence-electron chi connectivity index (χ2n) is 12.5. The van der Waals surface area contributed by atoms with Crippen LogP contribution < -0.4 is 5.32 Å². The Hall–Kier alpha value is -2.90. The van der Waals surface area contributed by atoms with Crippen molar-refractivity contribution >= 4 is 11.9 Å². The van der Waals surface area contributed by atoms with E-state index in [0.29, 0.717) is 32.6 Å². The zero-order valence-electron chi connectivity index (χ0n) is 23.8. The molecule has 0 saturated carbocycles. The molecule has 3 amide bonds. The van der Waals surface area contributed by atoms with Gasteiger partial charge in [0.15, 0.2) is 0 Å². The number of likely N-dealkylation sites (N-methyl/N-ethyl adjacent to an activating group) is 2. The highest BCUT2D eigenvalue weighted by Gasteiger charge is 2.43. The molecular weight excluding hydrogens is 474 g/mol. The van der Waals surface area contributed by atoms with Gasteiger partial charge in [-0.3, -0.25) is 14.6 Å². The van der Waals surface area contributed by atoms with E-state index in [1.165, 1.54) is 4.90 Å². The number of nitrogens with one attached hydrogen (secondary N) is 1. The highest BCUT2D eigenvalue weighted by Crippen LogP contribution is 2.17. The van der Waals surface area contributed by atoms with Gasteiger partial charge in [-0.2, -0.15) is 0 Å². The molecule has 206 valence electrons. The van der Waals surface area contributed by atoms with Crippen molar-refractivity contribution in [3.05, 3.63) is 23.8 Å². The van der Waals surface area contributed by atoms with Gasteiger partial charge in [0.05, 0.1) is 79.9 Å². The van der Waals surface area contributed by atoms with E-state index in [1.807, 2.05) is 21.8 Å². The molecule has 0 bridgehead atoms. The molecule has 3 rings (SSSR count). The number of nitrogens with zero attached hydrogens (tertiary/aromatic N) is 10. The normalized spacial score (nSPS) is 16.2. The fourth-order valence-corrected chi connectivity index (χ4v) is 3.99. The number of hydrogen-bond acceptors (Lipinski definition) is 7. The van der Waals surface area contributed by atoms with Gasteiger partial charge in [0.25, 0.3) is 5.91 Å². The molecule has 0 spiro atoms. The van der Waals surface area contributed by atoms with E-state index in [0.717, 1.165) is 46.5 Å². The van der Waals surface area contributed by atoms with Crippen LogP contribution in [0.4, 0.5) is 4.79 Å². The van der Waals surface area contributed by atoms with Gasteiger partial charge < -0.3 is 14.3 Å². The van der Waals surface area contributed by atoms with Crippen LogP contribution in [0.1, 0.15) is 31.7 Å². The SMILES string of the molecule is CC1(C)NC(=O)N(CCCN(Cc2cn(CC[N+](C)(C)C)nn2)Cc2cn(CC[N+](C)(C)C)nn2)C1=O. The first kappa shape index (κ1) is 28.7. The zero-order chi connectivity index (χ0) is 27.4. The molecule has 1 aliphatic rings. The molecule has 2 aromatic rings. The first-order chi connectivity index (χ1) is 17.1. The van der Waals surface area contributed by atoms with E-state index in [-0.39, 0.29) is 11.9 Å². The number of urea groups is 1. The number of carbonyl (C=O) groups excluding carboxylic acids is 2. The van der Waals surface area contributed by atoms with Crippen LogP contribution in [-0.4, -0.2) is 135 Å². The van der Waals surface area contributed by atoms with Crippen molar-refractivity contribution in [2.75, 3.05) is 68.5 Å². The second-order valence-corrected chi connectivity index (χ2v) is 12.5. The number of hydrogen-bond donors (Lipinski definition) is 1. The number of aromatic nitrogens is 6. The molecule has 13 nitrogen and oxygen atoms in total. The standard InChI is InChI=1S/C24H44N11O2/c1-24(2)22(36)33(23(37)25-24)11-9-10-30(16-20-18-31(28-26-20)12-14-34(3,4)5)17-21-19-32(29-27-21)13-15-35(6,7)8/h18-19H,9-17H2,1-8H3/q+1/p+1. The Bertz CT molecular complexity index is 1000. The molecule has 0 unspecified atom stereocenters. The minimum absolute atomic E-state index is 0.190. The van der Waals surface area contributed by atoms with Crippen molar-refractivity contribution in [1.29, 1.82) is 0 Å². The first-order valence-electron chi connectivity index (χ1n) is 12.9.